The molecule has 0 saturated carbocycles. The van der Waals surface area contributed by atoms with Crippen LogP contribution in [0.25, 0.3) is 23.1 Å². The van der Waals surface area contributed by atoms with Crippen molar-refractivity contribution in [3.05, 3.63) is 77.3 Å². The van der Waals surface area contributed by atoms with Gasteiger partial charge in [-0.3, -0.25) is 4.79 Å². The van der Waals surface area contributed by atoms with Gasteiger partial charge in [0.15, 0.2) is 5.76 Å². The Labute approximate surface area is 157 Å². The smallest absolute Gasteiger partial charge is 0.283 e. The number of carbonyl (C=O) groups excluding carboxylic acids is 1. The zero-order chi connectivity index (χ0) is 18.8. The van der Waals surface area contributed by atoms with E-state index in [0.717, 1.165) is 0 Å². The monoisotopic (exact) mass is 383 g/mol. The summed E-state index contributed by atoms with van der Waals surface area (Å²) in [6.07, 6.45) is 1.49. The molecule has 0 bridgehead atoms. The van der Waals surface area contributed by atoms with Gasteiger partial charge in [0.05, 0.1) is 11.8 Å². The maximum atomic E-state index is 13.8. The Hall–Kier alpha value is -3.45. The summed E-state index contributed by atoms with van der Waals surface area (Å²) < 4.78 is 24.6. The predicted molar refractivity (Wildman–Crippen MR) is 96.8 cm³/mol. The molecule has 2 aromatic carbocycles. The Morgan fingerprint density at radius 2 is 1.85 bits per heavy atom. The fourth-order valence-corrected chi connectivity index (χ4v) is 2.70. The molecule has 0 fully saturated rings. The van der Waals surface area contributed by atoms with Gasteiger partial charge < -0.3 is 14.2 Å². The molecule has 4 aromatic rings. The van der Waals surface area contributed by atoms with Gasteiger partial charge in [-0.2, -0.15) is 0 Å². The standard InChI is InChI=1S/C19H11ClFN3O3/c20-12-8-11(18-23-24-19(27-18)16-6-3-7-26-16)9-13(10-12)22-17(25)14-4-1-2-5-15(14)21/h1-10H,(H,22,25). The van der Waals surface area contributed by atoms with Crippen molar-refractivity contribution in [1.29, 1.82) is 0 Å². The average molecular weight is 384 g/mol. The Morgan fingerprint density at radius 3 is 2.63 bits per heavy atom. The number of halogens is 2. The van der Waals surface area contributed by atoms with Crippen LogP contribution in [0.5, 0.6) is 0 Å². The molecule has 2 aromatic heterocycles. The lowest BCUT2D eigenvalue weighted by molar-refractivity contribution is 0.102. The van der Waals surface area contributed by atoms with Crippen LogP contribution in [0.3, 0.4) is 0 Å². The first-order valence-corrected chi connectivity index (χ1v) is 8.22. The second-order valence-corrected chi connectivity index (χ2v) is 5.99. The third kappa shape index (κ3) is 3.58. The van der Waals surface area contributed by atoms with Crippen molar-refractivity contribution in [3.8, 4) is 23.1 Å². The predicted octanol–water partition coefficient (Wildman–Crippen LogP) is 5.04. The molecular weight excluding hydrogens is 373 g/mol. The van der Waals surface area contributed by atoms with Gasteiger partial charge in [0.1, 0.15) is 5.82 Å². The van der Waals surface area contributed by atoms with Gasteiger partial charge in [0, 0.05) is 16.3 Å². The van der Waals surface area contributed by atoms with E-state index in [-0.39, 0.29) is 17.3 Å². The molecule has 0 aliphatic carbocycles. The zero-order valence-corrected chi connectivity index (χ0v) is 14.4. The van der Waals surface area contributed by atoms with E-state index in [0.29, 0.717) is 22.0 Å². The lowest BCUT2D eigenvalue weighted by Gasteiger charge is -2.08. The number of hydrogen-bond acceptors (Lipinski definition) is 5. The highest BCUT2D eigenvalue weighted by Crippen LogP contribution is 2.29. The molecule has 0 atom stereocenters. The minimum Gasteiger partial charge on any atom is -0.459 e. The Bertz CT molecular complexity index is 1110. The van der Waals surface area contributed by atoms with Crippen molar-refractivity contribution in [3.63, 3.8) is 0 Å². The van der Waals surface area contributed by atoms with Crippen LogP contribution in [0, 0.1) is 5.82 Å². The van der Waals surface area contributed by atoms with Gasteiger partial charge in [0.25, 0.3) is 11.8 Å². The van der Waals surface area contributed by atoms with Gasteiger partial charge in [-0.25, -0.2) is 4.39 Å². The minimum atomic E-state index is -0.614. The summed E-state index contributed by atoms with van der Waals surface area (Å²) in [7, 11) is 0. The lowest BCUT2D eigenvalue weighted by atomic mass is 10.1. The van der Waals surface area contributed by atoms with Crippen molar-refractivity contribution in [1.82, 2.24) is 10.2 Å². The molecular formula is C19H11ClFN3O3. The number of furan rings is 1. The normalized spacial score (nSPS) is 10.7. The van der Waals surface area contributed by atoms with Crippen molar-refractivity contribution >= 4 is 23.2 Å². The highest BCUT2D eigenvalue weighted by Gasteiger charge is 2.15. The van der Waals surface area contributed by atoms with E-state index in [4.69, 9.17) is 20.4 Å². The Morgan fingerprint density at radius 1 is 1.04 bits per heavy atom. The fraction of sp³-hybridized carbons (Fsp3) is 0. The van der Waals surface area contributed by atoms with E-state index >= 15 is 0 Å². The van der Waals surface area contributed by atoms with E-state index in [2.05, 4.69) is 15.5 Å². The van der Waals surface area contributed by atoms with Crippen LogP contribution >= 0.6 is 11.6 Å². The third-order valence-corrected chi connectivity index (χ3v) is 3.90. The molecule has 8 heteroatoms. The summed E-state index contributed by atoms with van der Waals surface area (Å²) in [4.78, 5) is 12.3. The van der Waals surface area contributed by atoms with Crippen molar-refractivity contribution in [2.24, 2.45) is 0 Å². The van der Waals surface area contributed by atoms with E-state index in [1.807, 2.05) is 0 Å². The second kappa shape index (κ2) is 7.05. The Kier molecular flexibility index (Phi) is 4.43. The van der Waals surface area contributed by atoms with E-state index in [9.17, 15) is 9.18 Å². The van der Waals surface area contributed by atoms with Gasteiger partial charge in [-0.15, -0.1) is 10.2 Å². The first-order chi connectivity index (χ1) is 13.1. The van der Waals surface area contributed by atoms with Crippen LogP contribution in [-0.4, -0.2) is 16.1 Å². The van der Waals surface area contributed by atoms with Gasteiger partial charge >= 0.3 is 0 Å². The molecule has 0 spiro atoms. The molecule has 0 unspecified atom stereocenters. The van der Waals surface area contributed by atoms with Crippen LogP contribution < -0.4 is 5.32 Å². The van der Waals surface area contributed by atoms with E-state index in [1.54, 1.807) is 30.3 Å². The number of carbonyl (C=O) groups is 1. The second-order valence-electron chi connectivity index (χ2n) is 5.55. The molecule has 1 amide bonds. The molecule has 2 heterocycles. The summed E-state index contributed by atoms with van der Waals surface area (Å²) in [6.45, 7) is 0. The molecule has 0 aliphatic heterocycles. The summed E-state index contributed by atoms with van der Waals surface area (Å²) in [6, 6.07) is 13.8. The molecule has 0 aliphatic rings. The quantitative estimate of drug-likeness (QED) is 0.533. The highest BCUT2D eigenvalue weighted by atomic mass is 35.5. The summed E-state index contributed by atoms with van der Waals surface area (Å²) >= 11 is 6.13. The van der Waals surface area contributed by atoms with Gasteiger partial charge in [-0.05, 0) is 42.5 Å². The molecule has 1 N–H and O–H groups in total. The average Bonchev–Trinajstić information content (AvgIpc) is 3.33. The lowest BCUT2D eigenvalue weighted by Crippen LogP contribution is -2.13. The molecule has 134 valence electrons. The van der Waals surface area contributed by atoms with Gasteiger partial charge in [-0.1, -0.05) is 23.7 Å². The number of hydrogen-bond donors (Lipinski definition) is 1. The highest BCUT2D eigenvalue weighted by molar-refractivity contribution is 6.31. The number of benzene rings is 2. The first kappa shape index (κ1) is 17.0. The van der Waals surface area contributed by atoms with Crippen LogP contribution in [0.4, 0.5) is 10.1 Å². The van der Waals surface area contributed by atoms with Crippen molar-refractivity contribution < 1.29 is 18.0 Å². The van der Waals surface area contributed by atoms with Crippen LogP contribution in [0.2, 0.25) is 5.02 Å². The largest absolute Gasteiger partial charge is 0.459 e. The van der Waals surface area contributed by atoms with Gasteiger partial charge in [0.2, 0.25) is 5.89 Å². The third-order valence-electron chi connectivity index (χ3n) is 3.68. The Balaban J connectivity index is 1.62. The number of anilines is 1. The van der Waals surface area contributed by atoms with Crippen LogP contribution in [0.15, 0.2) is 69.7 Å². The maximum Gasteiger partial charge on any atom is 0.283 e. The SMILES string of the molecule is O=C(Nc1cc(Cl)cc(-c2nnc(-c3ccco3)o2)c1)c1ccccc1F. The fourth-order valence-electron chi connectivity index (χ4n) is 2.47. The molecule has 0 radical (unpaired) electrons. The van der Waals surface area contributed by atoms with Crippen molar-refractivity contribution in [2.75, 3.05) is 5.32 Å². The molecule has 6 nitrogen and oxygen atoms in total. The molecule has 4 rings (SSSR count). The number of nitrogens with zero attached hydrogens (tertiary/aromatic N) is 2. The number of nitrogens with one attached hydrogen (secondary N) is 1. The molecule has 27 heavy (non-hydrogen) atoms. The first-order valence-electron chi connectivity index (χ1n) is 7.84. The minimum absolute atomic E-state index is 0.0723. The number of rotatable bonds is 4. The number of aromatic nitrogens is 2. The molecule has 0 saturated heterocycles. The van der Waals surface area contributed by atoms with Crippen molar-refractivity contribution in [2.45, 2.75) is 0 Å². The van der Waals surface area contributed by atoms with Crippen LogP contribution in [-0.2, 0) is 0 Å². The zero-order valence-electron chi connectivity index (χ0n) is 13.6. The van der Waals surface area contributed by atoms with E-state index in [1.165, 1.54) is 30.5 Å². The van der Waals surface area contributed by atoms with E-state index < -0.39 is 11.7 Å². The topological polar surface area (TPSA) is 81.2 Å². The summed E-state index contributed by atoms with van der Waals surface area (Å²) in [5.74, 6) is -0.360. The maximum absolute atomic E-state index is 13.8. The summed E-state index contributed by atoms with van der Waals surface area (Å²) in [5, 5.41) is 10.8. The summed E-state index contributed by atoms with van der Waals surface area (Å²) in [5.41, 5.74) is 0.789. The van der Waals surface area contributed by atoms with Crippen LogP contribution in [0.1, 0.15) is 10.4 Å². The number of amides is 1.